The van der Waals surface area contributed by atoms with Gasteiger partial charge >= 0.3 is 0 Å². The van der Waals surface area contributed by atoms with E-state index in [1.807, 2.05) is 20.8 Å². The lowest BCUT2D eigenvalue weighted by Gasteiger charge is -2.21. The maximum atomic E-state index is 12.0. The minimum absolute atomic E-state index is 0.000899. The van der Waals surface area contributed by atoms with Gasteiger partial charge in [0.05, 0.1) is 0 Å². The molecule has 0 fully saturated rings. The van der Waals surface area contributed by atoms with Crippen LogP contribution in [0.15, 0.2) is 18.3 Å². The molecule has 1 rings (SSSR count). The first-order chi connectivity index (χ1) is 8.04. The first-order valence-electron chi connectivity index (χ1n) is 5.89. The van der Waals surface area contributed by atoms with E-state index in [2.05, 4.69) is 10.3 Å². The molecule has 0 aromatic carbocycles. The molecular weight excluding hydrogens is 216 g/mol. The van der Waals surface area contributed by atoms with Gasteiger partial charge in [0.25, 0.3) is 5.91 Å². The number of aryl methyl sites for hydroxylation is 1. The van der Waals surface area contributed by atoms with E-state index in [1.54, 1.807) is 18.3 Å². The van der Waals surface area contributed by atoms with Crippen molar-refractivity contribution in [1.82, 2.24) is 10.3 Å². The van der Waals surface area contributed by atoms with Crippen molar-refractivity contribution < 1.29 is 9.90 Å². The molecule has 1 heterocycles. The molecule has 1 amide bonds. The third-order valence-corrected chi connectivity index (χ3v) is 2.72. The Bertz CT molecular complexity index is 377. The Morgan fingerprint density at radius 2 is 2.24 bits per heavy atom. The van der Waals surface area contributed by atoms with Crippen molar-refractivity contribution in [3.63, 3.8) is 0 Å². The summed E-state index contributed by atoms with van der Waals surface area (Å²) in [6.07, 6.45) is 2.20. The van der Waals surface area contributed by atoms with Gasteiger partial charge in [-0.05, 0) is 31.4 Å². The first-order valence-corrected chi connectivity index (χ1v) is 5.89. The van der Waals surface area contributed by atoms with E-state index in [1.165, 1.54) is 0 Å². The maximum absolute atomic E-state index is 12.0. The molecule has 17 heavy (non-hydrogen) atoms. The van der Waals surface area contributed by atoms with E-state index in [0.29, 0.717) is 17.9 Å². The summed E-state index contributed by atoms with van der Waals surface area (Å²) in [7, 11) is 0. The third kappa shape index (κ3) is 4.15. The fourth-order valence-corrected chi connectivity index (χ4v) is 1.65. The minimum atomic E-state index is -0.109. The molecule has 2 N–H and O–H groups in total. The van der Waals surface area contributed by atoms with Crippen molar-refractivity contribution in [3.8, 4) is 0 Å². The van der Waals surface area contributed by atoms with Crippen LogP contribution in [0.5, 0.6) is 0 Å². The van der Waals surface area contributed by atoms with Crippen molar-refractivity contribution >= 4 is 5.91 Å². The average Bonchev–Trinajstić information content (AvgIpc) is 2.28. The summed E-state index contributed by atoms with van der Waals surface area (Å²) < 4.78 is 0. The summed E-state index contributed by atoms with van der Waals surface area (Å²) in [6.45, 7) is 5.99. The van der Waals surface area contributed by atoms with E-state index < -0.39 is 0 Å². The number of hydrogen-bond donors (Lipinski definition) is 2. The summed E-state index contributed by atoms with van der Waals surface area (Å²) in [4.78, 5) is 16.0. The maximum Gasteiger partial charge on any atom is 0.251 e. The Hall–Kier alpha value is -1.42. The number of rotatable bonds is 5. The highest BCUT2D eigenvalue weighted by Gasteiger charge is 2.16. The van der Waals surface area contributed by atoms with Gasteiger partial charge in [-0.1, -0.05) is 13.8 Å². The van der Waals surface area contributed by atoms with Gasteiger partial charge in [-0.3, -0.25) is 9.78 Å². The van der Waals surface area contributed by atoms with Crippen LogP contribution in [0, 0.1) is 12.8 Å². The number of nitrogens with zero attached hydrogens (tertiary/aromatic N) is 1. The smallest absolute Gasteiger partial charge is 0.251 e. The van der Waals surface area contributed by atoms with Crippen molar-refractivity contribution in [3.05, 3.63) is 29.6 Å². The lowest BCUT2D eigenvalue weighted by Crippen LogP contribution is -2.39. The second kappa shape index (κ2) is 6.35. The van der Waals surface area contributed by atoms with Crippen LogP contribution in [-0.4, -0.2) is 28.6 Å². The third-order valence-electron chi connectivity index (χ3n) is 2.72. The summed E-state index contributed by atoms with van der Waals surface area (Å²) in [5.41, 5.74) is 1.43. The zero-order valence-corrected chi connectivity index (χ0v) is 10.6. The fraction of sp³-hybridized carbons (Fsp3) is 0.538. The van der Waals surface area contributed by atoms with Gasteiger partial charge in [-0.15, -0.1) is 0 Å². The predicted octanol–water partition coefficient (Wildman–Crippen LogP) is 1.53. The van der Waals surface area contributed by atoms with E-state index in [0.717, 1.165) is 5.69 Å². The van der Waals surface area contributed by atoms with Crippen molar-refractivity contribution in [1.29, 1.82) is 0 Å². The molecule has 0 bridgehead atoms. The van der Waals surface area contributed by atoms with Gasteiger partial charge in [-0.2, -0.15) is 0 Å². The largest absolute Gasteiger partial charge is 0.396 e. The molecule has 1 aromatic heterocycles. The topological polar surface area (TPSA) is 62.2 Å². The lowest BCUT2D eigenvalue weighted by molar-refractivity contribution is 0.0916. The zero-order valence-electron chi connectivity index (χ0n) is 10.6. The summed E-state index contributed by atoms with van der Waals surface area (Å²) in [5, 5.41) is 11.9. The van der Waals surface area contributed by atoms with Crippen LogP contribution in [0.4, 0.5) is 0 Å². The molecule has 0 aliphatic rings. The van der Waals surface area contributed by atoms with Gasteiger partial charge in [0.15, 0.2) is 0 Å². The Kier molecular flexibility index (Phi) is 5.10. The second-order valence-corrected chi connectivity index (χ2v) is 4.52. The Labute approximate surface area is 102 Å². The van der Waals surface area contributed by atoms with Gasteiger partial charge in [0.2, 0.25) is 0 Å². The van der Waals surface area contributed by atoms with Gasteiger partial charge < -0.3 is 10.4 Å². The molecule has 0 spiro atoms. The number of hydrogen-bond acceptors (Lipinski definition) is 3. The molecule has 0 saturated heterocycles. The number of amides is 1. The highest BCUT2D eigenvalue weighted by Crippen LogP contribution is 2.08. The van der Waals surface area contributed by atoms with Crippen LogP contribution >= 0.6 is 0 Å². The molecule has 1 aromatic rings. The molecule has 0 aliphatic heterocycles. The van der Waals surface area contributed by atoms with Crippen LogP contribution in [0.2, 0.25) is 0 Å². The lowest BCUT2D eigenvalue weighted by atomic mass is 10.0. The van der Waals surface area contributed by atoms with Crippen LogP contribution < -0.4 is 5.32 Å². The van der Waals surface area contributed by atoms with Crippen LogP contribution in [-0.2, 0) is 0 Å². The van der Waals surface area contributed by atoms with Crippen molar-refractivity contribution in [2.75, 3.05) is 6.61 Å². The Morgan fingerprint density at radius 3 is 2.76 bits per heavy atom. The standard InChI is InChI=1S/C13H20N2O2/c1-9(2)12(5-7-16)15-13(17)11-4-6-14-10(3)8-11/h4,6,8-9,12,16H,5,7H2,1-3H3,(H,15,17). The Balaban J connectivity index is 2.70. The first kappa shape index (κ1) is 13.6. The van der Waals surface area contributed by atoms with Gasteiger partial charge in [0.1, 0.15) is 0 Å². The molecule has 1 unspecified atom stereocenters. The Morgan fingerprint density at radius 1 is 1.53 bits per heavy atom. The number of aliphatic hydroxyl groups excluding tert-OH is 1. The van der Waals surface area contributed by atoms with Crippen molar-refractivity contribution in [2.24, 2.45) is 5.92 Å². The normalized spacial score (nSPS) is 12.5. The van der Waals surface area contributed by atoms with Gasteiger partial charge in [-0.25, -0.2) is 0 Å². The van der Waals surface area contributed by atoms with Gasteiger partial charge in [0, 0.05) is 30.1 Å². The van der Waals surface area contributed by atoms with Crippen LogP contribution in [0.25, 0.3) is 0 Å². The van der Waals surface area contributed by atoms with E-state index in [9.17, 15) is 4.79 Å². The molecule has 1 atom stereocenters. The minimum Gasteiger partial charge on any atom is -0.396 e. The summed E-state index contributed by atoms with van der Waals surface area (Å²) in [6, 6.07) is 3.45. The quantitative estimate of drug-likeness (QED) is 0.815. The monoisotopic (exact) mass is 236 g/mol. The molecular formula is C13H20N2O2. The molecule has 4 nitrogen and oxygen atoms in total. The fourth-order valence-electron chi connectivity index (χ4n) is 1.65. The number of nitrogens with one attached hydrogen (secondary N) is 1. The number of aliphatic hydroxyl groups is 1. The highest BCUT2D eigenvalue weighted by molar-refractivity contribution is 5.94. The molecule has 0 aliphatic carbocycles. The molecule has 4 heteroatoms. The SMILES string of the molecule is Cc1cc(C(=O)NC(CCO)C(C)C)ccn1. The number of carbonyl (C=O) groups excluding carboxylic acids is 1. The number of pyridine rings is 1. The molecule has 0 radical (unpaired) electrons. The average molecular weight is 236 g/mol. The van der Waals surface area contributed by atoms with E-state index in [-0.39, 0.29) is 18.6 Å². The summed E-state index contributed by atoms with van der Waals surface area (Å²) >= 11 is 0. The number of aromatic nitrogens is 1. The number of carbonyl (C=O) groups is 1. The van der Waals surface area contributed by atoms with E-state index >= 15 is 0 Å². The molecule has 94 valence electrons. The summed E-state index contributed by atoms with van der Waals surface area (Å²) in [5.74, 6) is 0.191. The van der Waals surface area contributed by atoms with E-state index in [4.69, 9.17) is 5.11 Å². The predicted molar refractivity (Wildman–Crippen MR) is 66.8 cm³/mol. The zero-order chi connectivity index (χ0) is 12.8. The van der Waals surface area contributed by atoms with Crippen molar-refractivity contribution in [2.45, 2.75) is 33.2 Å². The van der Waals surface area contributed by atoms with Crippen LogP contribution in [0.1, 0.15) is 36.3 Å². The second-order valence-electron chi connectivity index (χ2n) is 4.52. The van der Waals surface area contributed by atoms with Crippen LogP contribution in [0.3, 0.4) is 0 Å². The highest BCUT2D eigenvalue weighted by atomic mass is 16.3. The molecule has 0 saturated carbocycles.